The van der Waals surface area contributed by atoms with E-state index in [2.05, 4.69) is 5.32 Å². The molecule has 0 bridgehead atoms. The van der Waals surface area contributed by atoms with E-state index in [4.69, 9.17) is 9.47 Å². The molecule has 0 aromatic heterocycles. The predicted molar refractivity (Wildman–Crippen MR) is 75.3 cm³/mol. The number of hydrogen-bond acceptors (Lipinski definition) is 4. The summed E-state index contributed by atoms with van der Waals surface area (Å²) in [6, 6.07) is 7.75. The summed E-state index contributed by atoms with van der Waals surface area (Å²) in [7, 11) is 1.63. The maximum atomic E-state index is 11.8. The summed E-state index contributed by atoms with van der Waals surface area (Å²) in [6.07, 6.45) is 0.293. The number of carbonyl (C=O) groups is 1. The first kappa shape index (κ1) is 15.5. The van der Waals surface area contributed by atoms with E-state index in [0.717, 1.165) is 17.9 Å². The van der Waals surface area contributed by atoms with Gasteiger partial charge in [-0.05, 0) is 38.1 Å². The van der Waals surface area contributed by atoms with Gasteiger partial charge >= 0.3 is 5.97 Å². The number of methoxy groups -OCH3 is 1. The van der Waals surface area contributed by atoms with Gasteiger partial charge in [0.05, 0.1) is 25.7 Å². The van der Waals surface area contributed by atoms with E-state index in [1.807, 2.05) is 45.0 Å². The lowest BCUT2D eigenvalue weighted by molar-refractivity contribution is -0.144. The van der Waals surface area contributed by atoms with Crippen LogP contribution in [0.3, 0.4) is 0 Å². The summed E-state index contributed by atoms with van der Waals surface area (Å²) >= 11 is 0. The van der Waals surface area contributed by atoms with Crippen molar-refractivity contribution >= 4 is 5.97 Å². The number of benzene rings is 1. The van der Waals surface area contributed by atoms with Crippen molar-refractivity contribution in [1.82, 2.24) is 5.32 Å². The van der Waals surface area contributed by atoms with Gasteiger partial charge in [0.1, 0.15) is 5.75 Å². The minimum Gasteiger partial charge on any atom is -0.497 e. The molecule has 0 saturated carbocycles. The predicted octanol–water partition coefficient (Wildman–Crippen LogP) is 2.47. The Hall–Kier alpha value is -1.55. The van der Waals surface area contributed by atoms with Crippen LogP contribution in [-0.4, -0.2) is 26.2 Å². The van der Waals surface area contributed by atoms with Crippen LogP contribution in [0.5, 0.6) is 5.75 Å². The largest absolute Gasteiger partial charge is 0.497 e. The molecule has 0 fully saturated rings. The standard InChI is InChI=1S/C15H23NO3/c1-5-16-15(3,11-14(17)19-6-2)12-8-7-9-13(10-12)18-4/h7-10,16H,5-6,11H2,1-4H3. The van der Waals surface area contributed by atoms with Crippen molar-refractivity contribution < 1.29 is 14.3 Å². The second-order valence-electron chi connectivity index (χ2n) is 4.58. The Labute approximate surface area is 115 Å². The third-order valence-electron chi connectivity index (χ3n) is 3.08. The third kappa shape index (κ3) is 4.24. The zero-order valence-electron chi connectivity index (χ0n) is 12.2. The maximum Gasteiger partial charge on any atom is 0.307 e. The second kappa shape index (κ2) is 7.14. The first-order valence-electron chi connectivity index (χ1n) is 6.61. The molecule has 4 heteroatoms. The van der Waals surface area contributed by atoms with Crippen LogP contribution < -0.4 is 10.1 Å². The summed E-state index contributed by atoms with van der Waals surface area (Å²) in [5.41, 5.74) is 0.567. The third-order valence-corrected chi connectivity index (χ3v) is 3.08. The van der Waals surface area contributed by atoms with E-state index in [9.17, 15) is 4.79 Å². The van der Waals surface area contributed by atoms with E-state index in [-0.39, 0.29) is 5.97 Å². The summed E-state index contributed by atoms with van der Waals surface area (Å²) in [5, 5.41) is 3.36. The average molecular weight is 265 g/mol. The van der Waals surface area contributed by atoms with Gasteiger partial charge in [0.2, 0.25) is 0 Å². The smallest absolute Gasteiger partial charge is 0.307 e. The van der Waals surface area contributed by atoms with Gasteiger partial charge in [0, 0.05) is 0 Å². The van der Waals surface area contributed by atoms with Gasteiger partial charge < -0.3 is 14.8 Å². The zero-order valence-corrected chi connectivity index (χ0v) is 12.2. The van der Waals surface area contributed by atoms with Gasteiger partial charge in [-0.3, -0.25) is 4.79 Å². The minimum absolute atomic E-state index is 0.200. The molecule has 1 atom stereocenters. The molecular formula is C15H23NO3. The van der Waals surface area contributed by atoms with Gasteiger partial charge in [-0.1, -0.05) is 19.1 Å². The molecule has 0 saturated heterocycles. The fourth-order valence-corrected chi connectivity index (χ4v) is 2.12. The Morgan fingerprint density at radius 1 is 1.37 bits per heavy atom. The molecule has 1 aromatic carbocycles. The van der Waals surface area contributed by atoms with Crippen molar-refractivity contribution in [3.63, 3.8) is 0 Å². The summed E-state index contributed by atoms with van der Waals surface area (Å²) in [6.45, 7) is 7.01. The normalized spacial score (nSPS) is 13.7. The highest BCUT2D eigenvalue weighted by Gasteiger charge is 2.29. The van der Waals surface area contributed by atoms with E-state index in [1.54, 1.807) is 7.11 Å². The number of hydrogen-bond donors (Lipinski definition) is 1. The van der Waals surface area contributed by atoms with Crippen molar-refractivity contribution in [3.8, 4) is 5.75 Å². The summed E-state index contributed by atoms with van der Waals surface area (Å²) < 4.78 is 10.3. The minimum atomic E-state index is -0.449. The Bertz CT molecular complexity index is 420. The molecule has 0 heterocycles. The first-order valence-corrected chi connectivity index (χ1v) is 6.61. The fraction of sp³-hybridized carbons (Fsp3) is 0.533. The summed E-state index contributed by atoms with van der Waals surface area (Å²) in [4.78, 5) is 11.8. The van der Waals surface area contributed by atoms with Crippen molar-refractivity contribution in [1.29, 1.82) is 0 Å². The highest BCUT2D eigenvalue weighted by molar-refractivity contribution is 5.71. The monoisotopic (exact) mass is 265 g/mol. The molecule has 4 nitrogen and oxygen atoms in total. The first-order chi connectivity index (χ1) is 9.05. The van der Waals surface area contributed by atoms with Crippen LogP contribution in [0.1, 0.15) is 32.8 Å². The van der Waals surface area contributed by atoms with Crippen molar-refractivity contribution in [2.45, 2.75) is 32.7 Å². The lowest BCUT2D eigenvalue weighted by Crippen LogP contribution is -2.41. The highest BCUT2D eigenvalue weighted by Crippen LogP contribution is 2.28. The van der Waals surface area contributed by atoms with E-state index < -0.39 is 5.54 Å². The van der Waals surface area contributed by atoms with Crippen LogP contribution in [0.4, 0.5) is 0 Å². The molecular weight excluding hydrogens is 242 g/mol. The number of ether oxygens (including phenoxy) is 2. The average Bonchev–Trinajstić information content (AvgIpc) is 2.39. The van der Waals surface area contributed by atoms with Crippen LogP contribution >= 0.6 is 0 Å². The van der Waals surface area contributed by atoms with Crippen LogP contribution in [0.25, 0.3) is 0 Å². The molecule has 0 radical (unpaired) electrons. The molecule has 1 rings (SSSR count). The Kier molecular flexibility index (Phi) is 5.83. The molecule has 1 aromatic rings. The molecule has 106 valence electrons. The molecule has 1 unspecified atom stereocenters. The van der Waals surface area contributed by atoms with Gasteiger partial charge in [-0.25, -0.2) is 0 Å². The highest BCUT2D eigenvalue weighted by atomic mass is 16.5. The molecule has 0 aliphatic rings. The van der Waals surface area contributed by atoms with Crippen molar-refractivity contribution in [2.75, 3.05) is 20.3 Å². The topological polar surface area (TPSA) is 47.6 Å². The number of nitrogens with one attached hydrogen (secondary N) is 1. The zero-order chi connectivity index (χ0) is 14.3. The molecule has 1 N–H and O–H groups in total. The molecule has 0 aliphatic heterocycles. The second-order valence-corrected chi connectivity index (χ2v) is 4.58. The Morgan fingerprint density at radius 3 is 2.68 bits per heavy atom. The number of carbonyl (C=O) groups excluding carboxylic acids is 1. The molecule has 0 amide bonds. The Balaban J connectivity index is 2.99. The fourth-order valence-electron chi connectivity index (χ4n) is 2.12. The Morgan fingerprint density at radius 2 is 2.11 bits per heavy atom. The van der Waals surface area contributed by atoms with E-state index >= 15 is 0 Å². The number of esters is 1. The van der Waals surface area contributed by atoms with Gasteiger partial charge in [-0.2, -0.15) is 0 Å². The summed E-state index contributed by atoms with van der Waals surface area (Å²) in [5.74, 6) is 0.583. The molecule has 0 aliphatic carbocycles. The van der Waals surface area contributed by atoms with Gasteiger partial charge in [0.25, 0.3) is 0 Å². The van der Waals surface area contributed by atoms with E-state index in [0.29, 0.717) is 13.0 Å². The van der Waals surface area contributed by atoms with Crippen LogP contribution in [0.2, 0.25) is 0 Å². The number of rotatable bonds is 7. The van der Waals surface area contributed by atoms with Crippen LogP contribution in [-0.2, 0) is 15.1 Å². The molecule has 0 spiro atoms. The lowest BCUT2D eigenvalue weighted by atomic mass is 9.88. The van der Waals surface area contributed by atoms with E-state index in [1.165, 1.54) is 0 Å². The maximum absolute atomic E-state index is 11.8. The van der Waals surface area contributed by atoms with Gasteiger partial charge in [-0.15, -0.1) is 0 Å². The van der Waals surface area contributed by atoms with Crippen LogP contribution in [0.15, 0.2) is 24.3 Å². The van der Waals surface area contributed by atoms with Crippen molar-refractivity contribution in [3.05, 3.63) is 29.8 Å². The van der Waals surface area contributed by atoms with Gasteiger partial charge in [0.15, 0.2) is 0 Å². The van der Waals surface area contributed by atoms with Crippen molar-refractivity contribution in [2.24, 2.45) is 0 Å². The molecule has 19 heavy (non-hydrogen) atoms. The van der Waals surface area contributed by atoms with Crippen LogP contribution in [0, 0.1) is 0 Å². The SMILES string of the molecule is CCNC(C)(CC(=O)OCC)c1cccc(OC)c1. The quantitative estimate of drug-likeness (QED) is 0.769. The lowest BCUT2D eigenvalue weighted by Gasteiger charge is -2.30.